The van der Waals surface area contributed by atoms with Gasteiger partial charge in [0.2, 0.25) is 0 Å². The van der Waals surface area contributed by atoms with Gasteiger partial charge in [-0.05, 0) is 31.7 Å². The lowest BCUT2D eigenvalue weighted by molar-refractivity contribution is 0.238. The van der Waals surface area contributed by atoms with Gasteiger partial charge in [-0.2, -0.15) is 0 Å². The maximum Gasteiger partial charge on any atom is 0.127 e. The predicted octanol–water partition coefficient (Wildman–Crippen LogP) is 2.66. The van der Waals surface area contributed by atoms with Crippen molar-refractivity contribution in [2.75, 3.05) is 13.6 Å². The first kappa shape index (κ1) is 14.6. The number of rotatable bonds is 5. The molecule has 1 unspecified atom stereocenters. The smallest absolute Gasteiger partial charge is 0.127 e. The molecule has 0 amide bonds. The van der Waals surface area contributed by atoms with Crippen molar-refractivity contribution in [1.29, 1.82) is 0 Å². The number of nitrogens with zero attached hydrogens (tertiary/aromatic N) is 2. The van der Waals surface area contributed by atoms with E-state index in [-0.39, 0.29) is 11.9 Å². The van der Waals surface area contributed by atoms with Crippen molar-refractivity contribution >= 4 is 0 Å². The standard InChI is InChI=1S/C16H20FN3/c1-12-7-8-13(10-19-12)16(9-18)20(2)11-14-5-3-4-6-15(14)17/h3-8,10,16H,9,11,18H2,1-2H3. The molecule has 0 fully saturated rings. The fourth-order valence-electron chi connectivity index (χ4n) is 2.25. The number of hydrogen-bond acceptors (Lipinski definition) is 3. The van der Waals surface area contributed by atoms with Crippen LogP contribution in [0.3, 0.4) is 0 Å². The van der Waals surface area contributed by atoms with Crippen LogP contribution in [0, 0.1) is 12.7 Å². The van der Waals surface area contributed by atoms with Gasteiger partial charge in [-0.3, -0.25) is 9.88 Å². The van der Waals surface area contributed by atoms with E-state index < -0.39 is 0 Å². The van der Waals surface area contributed by atoms with E-state index in [0.717, 1.165) is 11.3 Å². The monoisotopic (exact) mass is 273 g/mol. The molecule has 0 bridgehead atoms. The summed E-state index contributed by atoms with van der Waals surface area (Å²) in [6, 6.07) is 10.8. The van der Waals surface area contributed by atoms with Crippen LogP contribution in [0.5, 0.6) is 0 Å². The van der Waals surface area contributed by atoms with Gasteiger partial charge in [0, 0.05) is 36.6 Å². The van der Waals surface area contributed by atoms with Crippen LogP contribution >= 0.6 is 0 Å². The van der Waals surface area contributed by atoms with Crippen LogP contribution in [0.2, 0.25) is 0 Å². The minimum absolute atomic E-state index is 0.0303. The van der Waals surface area contributed by atoms with Gasteiger partial charge in [-0.25, -0.2) is 4.39 Å². The molecular formula is C16H20FN3. The highest BCUT2D eigenvalue weighted by atomic mass is 19.1. The lowest BCUT2D eigenvalue weighted by Crippen LogP contribution is -2.30. The number of aryl methyl sites for hydroxylation is 1. The lowest BCUT2D eigenvalue weighted by Gasteiger charge is -2.27. The fourth-order valence-corrected chi connectivity index (χ4v) is 2.25. The number of halogens is 1. The second kappa shape index (κ2) is 6.59. The summed E-state index contributed by atoms with van der Waals surface area (Å²) < 4.78 is 13.7. The zero-order valence-electron chi connectivity index (χ0n) is 11.9. The largest absolute Gasteiger partial charge is 0.329 e. The number of hydrogen-bond donors (Lipinski definition) is 1. The van der Waals surface area contributed by atoms with E-state index in [1.54, 1.807) is 12.1 Å². The molecule has 0 radical (unpaired) electrons. The summed E-state index contributed by atoms with van der Waals surface area (Å²) in [7, 11) is 1.95. The Bertz CT molecular complexity index is 554. The SMILES string of the molecule is Cc1ccc(C(CN)N(C)Cc2ccccc2F)cn1. The van der Waals surface area contributed by atoms with Crippen molar-refractivity contribution in [3.05, 3.63) is 65.2 Å². The maximum atomic E-state index is 13.7. The van der Waals surface area contributed by atoms with Crippen LogP contribution in [0.1, 0.15) is 22.9 Å². The number of nitrogens with two attached hydrogens (primary N) is 1. The molecule has 4 heteroatoms. The summed E-state index contributed by atoms with van der Waals surface area (Å²) in [4.78, 5) is 6.35. The summed E-state index contributed by atoms with van der Waals surface area (Å²) in [5.41, 5.74) is 8.57. The average Bonchev–Trinajstić information content (AvgIpc) is 2.44. The van der Waals surface area contributed by atoms with Crippen LogP contribution in [-0.4, -0.2) is 23.5 Å². The molecule has 0 aliphatic carbocycles. The molecule has 3 nitrogen and oxygen atoms in total. The molecule has 1 aromatic heterocycles. The molecule has 0 aliphatic heterocycles. The molecule has 2 aromatic rings. The Morgan fingerprint density at radius 1 is 1.25 bits per heavy atom. The Hall–Kier alpha value is -1.78. The molecule has 0 saturated carbocycles. The third-order valence-corrected chi connectivity index (χ3v) is 3.45. The molecular weight excluding hydrogens is 253 g/mol. The van der Waals surface area contributed by atoms with Crippen molar-refractivity contribution in [3.63, 3.8) is 0 Å². The van der Waals surface area contributed by atoms with Gasteiger partial charge in [0.1, 0.15) is 5.82 Å². The summed E-state index contributed by atoms with van der Waals surface area (Å²) >= 11 is 0. The van der Waals surface area contributed by atoms with Crippen molar-refractivity contribution in [2.24, 2.45) is 5.73 Å². The molecule has 2 N–H and O–H groups in total. The van der Waals surface area contributed by atoms with Gasteiger partial charge in [0.15, 0.2) is 0 Å². The number of likely N-dealkylation sites (N-methyl/N-ethyl adjacent to an activating group) is 1. The third kappa shape index (κ3) is 3.40. The van der Waals surface area contributed by atoms with Crippen molar-refractivity contribution in [1.82, 2.24) is 9.88 Å². The molecule has 2 rings (SSSR count). The average molecular weight is 273 g/mol. The van der Waals surface area contributed by atoms with Crippen LogP contribution in [0.4, 0.5) is 4.39 Å². The molecule has 1 heterocycles. The Labute approximate surface area is 119 Å². The van der Waals surface area contributed by atoms with E-state index in [4.69, 9.17) is 5.73 Å². The first-order chi connectivity index (χ1) is 9.61. The van der Waals surface area contributed by atoms with Crippen LogP contribution in [0.15, 0.2) is 42.6 Å². The van der Waals surface area contributed by atoms with Crippen LogP contribution < -0.4 is 5.73 Å². The number of aromatic nitrogens is 1. The highest BCUT2D eigenvalue weighted by molar-refractivity contribution is 5.20. The van der Waals surface area contributed by atoms with Crippen molar-refractivity contribution in [2.45, 2.75) is 19.5 Å². The van der Waals surface area contributed by atoms with Crippen LogP contribution in [-0.2, 0) is 6.54 Å². The molecule has 1 aromatic carbocycles. The predicted molar refractivity (Wildman–Crippen MR) is 78.6 cm³/mol. The van der Waals surface area contributed by atoms with E-state index >= 15 is 0 Å². The first-order valence-corrected chi connectivity index (χ1v) is 6.68. The molecule has 106 valence electrons. The van der Waals surface area contributed by atoms with Gasteiger partial charge in [-0.1, -0.05) is 24.3 Å². The third-order valence-electron chi connectivity index (χ3n) is 3.45. The topological polar surface area (TPSA) is 42.1 Å². The van der Waals surface area contributed by atoms with E-state index in [0.29, 0.717) is 18.7 Å². The van der Waals surface area contributed by atoms with E-state index in [1.807, 2.05) is 43.3 Å². The lowest BCUT2D eigenvalue weighted by atomic mass is 10.1. The molecule has 1 atom stereocenters. The Morgan fingerprint density at radius 3 is 2.60 bits per heavy atom. The second-order valence-corrected chi connectivity index (χ2v) is 4.99. The minimum atomic E-state index is -0.183. The Balaban J connectivity index is 2.15. The number of pyridine rings is 1. The van der Waals surface area contributed by atoms with E-state index in [2.05, 4.69) is 4.98 Å². The molecule has 20 heavy (non-hydrogen) atoms. The minimum Gasteiger partial charge on any atom is -0.329 e. The molecule has 0 aliphatic rings. The number of benzene rings is 1. The highest BCUT2D eigenvalue weighted by Gasteiger charge is 2.17. The summed E-state index contributed by atoms with van der Waals surface area (Å²) in [5.74, 6) is -0.183. The quantitative estimate of drug-likeness (QED) is 0.910. The van der Waals surface area contributed by atoms with Gasteiger partial charge >= 0.3 is 0 Å². The zero-order chi connectivity index (χ0) is 14.5. The van der Waals surface area contributed by atoms with Gasteiger partial charge in [0.25, 0.3) is 0 Å². The molecule has 0 spiro atoms. The van der Waals surface area contributed by atoms with E-state index in [1.165, 1.54) is 6.07 Å². The second-order valence-electron chi connectivity index (χ2n) is 4.99. The summed E-state index contributed by atoms with van der Waals surface area (Å²) in [6.45, 7) is 2.93. The van der Waals surface area contributed by atoms with Crippen molar-refractivity contribution in [3.8, 4) is 0 Å². The van der Waals surface area contributed by atoms with E-state index in [9.17, 15) is 4.39 Å². The molecule has 0 saturated heterocycles. The van der Waals surface area contributed by atoms with Gasteiger partial charge < -0.3 is 5.73 Å². The van der Waals surface area contributed by atoms with Crippen molar-refractivity contribution < 1.29 is 4.39 Å². The maximum absolute atomic E-state index is 13.7. The van der Waals surface area contributed by atoms with Crippen LogP contribution in [0.25, 0.3) is 0 Å². The fraction of sp³-hybridized carbons (Fsp3) is 0.312. The summed E-state index contributed by atoms with van der Waals surface area (Å²) in [5, 5.41) is 0. The van der Waals surface area contributed by atoms with Gasteiger partial charge in [0.05, 0.1) is 0 Å². The normalized spacial score (nSPS) is 12.7. The summed E-state index contributed by atoms with van der Waals surface area (Å²) in [6.07, 6.45) is 1.84. The van der Waals surface area contributed by atoms with Gasteiger partial charge in [-0.15, -0.1) is 0 Å². The first-order valence-electron chi connectivity index (χ1n) is 6.68. The highest BCUT2D eigenvalue weighted by Crippen LogP contribution is 2.20. The Kier molecular flexibility index (Phi) is 4.82. The zero-order valence-corrected chi connectivity index (χ0v) is 11.9. The Morgan fingerprint density at radius 2 is 2.00 bits per heavy atom.